The molecule has 0 aromatic rings. The molecule has 15 heavy (non-hydrogen) atoms. The van der Waals surface area contributed by atoms with Crippen LogP contribution in [0.3, 0.4) is 0 Å². The highest BCUT2D eigenvalue weighted by atomic mass is 16.5. The molecule has 0 spiro atoms. The van der Waals surface area contributed by atoms with Crippen molar-refractivity contribution in [1.29, 1.82) is 0 Å². The Morgan fingerprint density at radius 2 is 2.00 bits per heavy atom. The second-order valence-electron chi connectivity index (χ2n) is 5.57. The van der Waals surface area contributed by atoms with E-state index in [0.717, 1.165) is 19.6 Å². The van der Waals surface area contributed by atoms with Crippen LogP contribution in [0.1, 0.15) is 41.0 Å². The second kappa shape index (κ2) is 5.28. The van der Waals surface area contributed by atoms with Crippen LogP contribution in [0.4, 0.5) is 0 Å². The molecule has 1 N–H and O–H groups in total. The zero-order valence-corrected chi connectivity index (χ0v) is 10.7. The van der Waals surface area contributed by atoms with Gasteiger partial charge in [0.1, 0.15) is 0 Å². The monoisotopic (exact) mass is 215 g/mol. The van der Waals surface area contributed by atoms with Gasteiger partial charge in [-0.3, -0.25) is 0 Å². The number of rotatable bonds is 4. The van der Waals surface area contributed by atoms with Gasteiger partial charge in [0.25, 0.3) is 0 Å². The van der Waals surface area contributed by atoms with Crippen molar-refractivity contribution in [2.24, 2.45) is 0 Å². The molecule has 0 aromatic carbocycles. The Hall–Kier alpha value is -0.120. The Bertz CT molecular complexity index is 187. The Kier molecular flexibility index (Phi) is 4.56. The number of nitrogens with one attached hydrogen (secondary N) is 1. The largest absolute Gasteiger partial charge is 0.374 e. The molecule has 0 aromatic heterocycles. The molecule has 1 aliphatic rings. The Morgan fingerprint density at radius 1 is 1.33 bits per heavy atom. The lowest BCUT2D eigenvalue weighted by Crippen LogP contribution is -2.31. The lowest BCUT2D eigenvalue weighted by atomic mass is 10.1. The van der Waals surface area contributed by atoms with Crippen molar-refractivity contribution in [2.75, 3.05) is 13.2 Å². The fourth-order valence-electron chi connectivity index (χ4n) is 1.75. The third kappa shape index (κ3) is 5.50. The topological polar surface area (TPSA) is 30.5 Å². The molecule has 1 saturated heterocycles. The van der Waals surface area contributed by atoms with Crippen LogP contribution >= 0.6 is 0 Å². The first-order valence-electron chi connectivity index (χ1n) is 5.89. The van der Waals surface area contributed by atoms with Crippen molar-refractivity contribution in [1.82, 2.24) is 5.32 Å². The minimum Gasteiger partial charge on any atom is -0.374 e. The van der Waals surface area contributed by atoms with Crippen molar-refractivity contribution in [3.63, 3.8) is 0 Å². The number of hydrogen-bond donors (Lipinski definition) is 1. The maximum Gasteiger partial charge on any atom is 0.0718 e. The SMILES string of the molecule is CC(C)OC1CNC(COC(C)(C)C)C1. The predicted molar refractivity (Wildman–Crippen MR) is 62.1 cm³/mol. The summed E-state index contributed by atoms with van der Waals surface area (Å²) in [6, 6.07) is 0.452. The summed E-state index contributed by atoms with van der Waals surface area (Å²) in [4.78, 5) is 0. The molecule has 0 saturated carbocycles. The molecule has 1 heterocycles. The quantitative estimate of drug-likeness (QED) is 0.777. The van der Waals surface area contributed by atoms with Crippen LogP contribution in [0.2, 0.25) is 0 Å². The molecule has 3 nitrogen and oxygen atoms in total. The molecule has 2 atom stereocenters. The van der Waals surface area contributed by atoms with E-state index in [1.54, 1.807) is 0 Å². The predicted octanol–water partition coefficient (Wildman–Crippen LogP) is 1.96. The highest BCUT2D eigenvalue weighted by molar-refractivity contribution is 4.83. The lowest BCUT2D eigenvalue weighted by Gasteiger charge is -2.22. The van der Waals surface area contributed by atoms with Crippen LogP contribution in [0.25, 0.3) is 0 Å². The smallest absolute Gasteiger partial charge is 0.0718 e. The minimum absolute atomic E-state index is 0.0430. The van der Waals surface area contributed by atoms with Crippen molar-refractivity contribution < 1.29 is 9.47 Å². The number of hydrogen-bond acceptors (Lipinski definition) is 3. The van der Waals surface area contributed by atoms with Gasteiger partial charge in [-0.25, -0.2) is 0 Å². The average molecular weight is 215 g/mol. The normalized spacial score (nSPS) is 27.6. The van der Waals surface area contributed by atoms with Crippen molar-refractivity contribution in [2.45, 2.75) is 64.9 Å². The molecular formula is C12H25NO2. The molecule has 0 bridgehead atoms. The zero-order valence-electron chi connectivity index (χ0n) is 10.7. The van der Waals surface area contributed by atoms with Gasteiger partial charge in [0.15, 0.2) is 0 Å². The summed E-state index contributed by atoms with van der Waals surface area (Å²) in [5, 5.41) is 3.43. The standard InChI is InChI=1S/C12H25NO2/c1-9(2)15-11-6-10(13-7-11)8-14-12(3,4)5/h9-11,13H,6-8H2,1-5H3. The molecule has 1 rings (SSSR count). The first-order chi connectivity index (χ1) is 6.87. The summed E-state index contributed by atoms with van der Waals surface area (Å²) in [5.74, 6) is 0. The second-order valence-corrected chi connectivity index (χ2v) is 5.57. The van der Waals surface area contributed by atoms with Crippen LogP contribution in [0.15, 0.2) is 0 Å². The van der Waals surface area contributed by atoms with E-state index >= 15 is 0 Å². The van der Waals surface area contributed by atoms with Crippen molar-refractivity contribution >= 4 is 0 Å². The first kappa shape index (κ1) is 12.9. The summed E-state index contributed by atoms with van der Waals surface area (Å²) in [5.41, 5.74) is -0.0430. The third-order valence-electron chi connectivity index (χ3n) is 2.36. The van der Waals surface area contributed by atoms with Gasteiger partial charge in [0.05, 0.1) is 24.4 Å². The summed E-state index contributed by atoms with van der Waals surface area (Å²) in [7, 11) is 0. The molecular weight excluding hydrogens is 190 g/mol. The Morgan fingerprint density at radius 3 is 2.53 bits per heavy atom. The van der Waals surface area contributed by atoms with E-state index in [9.17, 15) is 0 Å². The molecule has 2 unspecified atom stereocenters. The molecule has 0 radical (unpaired) electrons. The summed E-state index contributed by atoms with van der Waals surface area (Å²) in [6.07, 6.45) is 1.74. The first-order valence-corrected chi connectivity index (χ1v) is 5.89. The highest BCUT2D eigenvalue weighted by Gasteiger charge is 2.26. The van der Waals surface area contributed by atoms with Crippen molar-refractivity contribution in [3.8, 4) is 0 Å². The van der Waals surface area contributed by atoms with E-state index in [2.05, 4.69) is 39.9 Å². The van der Waals surface area contributed by atoms with Gasteiger partial charge in [-0.2, -0.15) is 0 Å². The zero-order chi connectivity index (χ0) is 11.5. The maximum absolute atomic E-state index is 5.76. The minimum atomic E-state index is -0.0430. The van der Waals surface area contributed by atoms with Gasteiger partial charge >= 0.3 is 0 Å². The van der Waals surface area contributed by atoms with Crippen LogP contribution in [-0.2, 0) is 9.47 Å². The molecule has 90 valence electrons. The van der Waals surface area contributed by atoms with E-state index < -0.39 is 0 Å². The van der Waals surface area contributed by atoms with Crippen molar-refractivity contribution in [3.05, 3.63) is 0 Å². The summed E-state index contributed by atoms with van der Waals surface area (Å²) >= 11 is 0. The van der Waals surface area contributed by atoms with E-state index in [-0.39, 0.29) is 5.60 Å². The fourth-order valence-corrected chi connectivity index (χ4v) is 1.75. The van der Waals surface area contributed by atoms with Gasteiger partial charge in [0.2, 0.25) is 0 Å². The van der Waals surface area contributed by atoms with Gasteiger partial charge in [0, 0.05) is 12.6 Å². The lowest BCUT2D eigenvalue weighted by molar-refractivity contribution is -0.0178. The van der Waals surface area contributed by atoms with Crippen LogP contribution in [0, 0.1) is 0 Å². The molecule has 3 heteroatoms. The summed E-state index contributed by atoms with van der Waals surface area (Å²) in [6.45, 7) is 12.2. The van der Waals surface area contributed by atoms with Gasteiger partial charge in [-0.05, 0) is 41.0 Å². The number of ether oxygens (including phenoxy) is 2. The van der Waals surface area contributed by atoms with Gasteiger partial charge in [-0.15, -0.1) is 0 Å². The highest BCUT2D eigenvalue weighted by Crippen LogP contribution is 2.15. The van der Waals surface area contributed by atoms with Crippen LogP contribution in [0.5, 0.6) is 0 Å². The van der Waals surface area contributed by atoms with E-state index in [1.807, 2.05) is 0 Å². The Labute approximate surface area is 93.5 Å². The van der Waals surface area contributed by atoms with E-state index in [4.69, 9.17) is 9.47 Å². The maximum atomic E-state index is 5.76. The molecule has 0 amide bonds. The van der Waals surface area contributed by atoms with Crippen LogP contribution < -0.4 is 5.32 Å². The van der Waals surface area contributed by atoms with Gasteiger partial charge in [-0.1, -0.05) is 0 Å². The van der Waals surface area contributed by atoms with E-state index in [1.165, 1.54) is 0 Å². The summed E-state index contributed by atoms with van der Waals surface area (Å²) < 4.78 is 11.5. The molecule has 1 fully saturated rings. The third-order valence-corrected chi connectivity index (χ3v) is 2.36. The fraction of sp³-hybridized carbons (Fsp3) is 1.00. The van der Waals surface area contributed by atoms with Gasteiger partial charge < -0.3 is 14.8 Å². The molecule has 0 aliphatic carbocycles. The van der Waals surface area contributed by atoms with E-state index in [0.29, 0.717) is 18.2 Å². The average Bonchev–Trinajstić information content (AvgIpc) is 2.46. The van der Waals surface area contributed by atoms with Crippen LogP contribution in [-0.4, -0.2) is 37.0 Å². The Balaban J connectivity index is 2.19. The molecule has 1 aliphatic heterocycles.